The molecule has 3 rings (SSSR count). The molecule has 1 N–H and O–H groups in total. The molecule has 1 saturated heterocycles. The van der Waals surface area contributed by atoms with Crippen LogP contribution in [0.5, 0.6) is 0 Å². The predicted molar refractivity (Wildman–Crippen MR) is 95.0 cm³/mol. The van der Waals surface area contributed by atoms with Crippen LogP contribution < -0.4 is 5.32 Å². The van der Waals surface area contributed by atoms with Crippen LogP contribution in [-0.4, -0.2) is 57.6 Å². The fourth-order valence-corrected chi connectivity index (χ4v) is 2.96. The van der Waals surface area contributed by atoms with Crippen molar-refractivity contribution in [1.29, 1.82) is 0 Å². The van der Waals surface area contributed by atoms with Crippen LogP contribution in [0.15, 0.2) is 35.1 Å². The Balaban J connectivity index is 1.55. The van der Waals surface area contributed by atoms with E-state index in [1.54, 1.807) is 30.4 Å². The monoisotopic (exact) mass is 357 g/mol. The van der Waals surface area contributed by atoms with E-state index in [1.165, 1.54) is 4.90 Å². The number of hydrogen-bond acceptors (Lipinski definition) is 5. The lowest BCUT2D eigenvalue weighted by Crippen LogP contribution is -2.44. The zero-order chi connectivity index (χ0) is 18.7. The maximum atomic E-state index is 12.4. The number of carbonyl (C=O) groups is 2. The minimum absolute atomic E-state index is 0.0734. The maximum Gasteiger partial charge on any atom is 0.317 e. The van der Waals surface area contributed by atoms with Gasteiger partial charge in [-0.25, -0.2) is 4.79 Å². The highest BCUT2D eigenvalue weighted by molar-refractivity contribution is 5.81. The van der Waals surface area contributed by atoms with Crippen molar-refractivity contribution in [2.75, 3.05) is 13.6 Å². The second kappa shape index (κ2) is 7.55. The van der Waals surface area contributed by atoms with Crippen molar-refractivity contribution in [3.05, 3.63) is 36.4 Å². The summed E-state index contributed by atoms with van der Waals surface area (Å²) in [5.74, 6) is 0.650. The number of urea groups is 1. The molecule has 8 heteroatoms. The topological polar surface area (TPSA) is 91.6 Å². The molecular weight excluding hydrogens is 334 g/mol. The summed E-state index contributed by atoms with van der Waals surface area (Å²) >= 11 is 0. The Bertz CT molecular complexity index is 774. The molecule has 0 radical (unpaired) electrons. The lowest BCUT2D eigenvalue weighted by molar-refractivity contribution is -0.129. The average molecular weight is 357 g/mol. The molecule has 0 bridgehead atoms. The second-order valence-electron chi connectivity index (χ2n) is 6.77. The number of nitrogens with zero attached hydrogens (tertiary/aromatic N) is 4. The SMILES string of the molecule is CC(C)N1C[C@H](NC(=O)N(C)Cc2cc(-c3cccnc3)no2)CC1=O. The van der Waals surface area contributed by atoms with Gasteiger partial charge in [0.2, 0.25) is 5.91 Å². The van der Waals surface area contributed by atoms with E-state index in [9.17, 15) is 9.59 Å². The van der Waals surface area contributed by atoms with Crippen LogP contribution in [0.1, 0.15) is 26.0 Å². The van der Waals surface area contributed by atoms with Gasteiger partial charge in [-0.3, -0.25) is 9.78 Å². The van der Waals surface area contributed by atoms with Gasteiger partial charge in [0.05, 0.1) is 12.6 Å². The molecule has 1 aliphatic rings. The van der Waals surface area contributed by atoms with Gasteiger partial charge in [0.1, 0.15) is 5.69 Å². The lowest BCUT2D eigenvalue weighted by atomic mass is 10.2. The molecule has 138 valence electrons. The Hall–Kier alpha value is -2.90. The van der Waals surface area contributed by atoms with Crippen molar-refractivity contribution in [3.8, 4) is 11.3 Å². The lowest BCUT2D eigenvalue weighted by Gasteiger charge is -2.22. The molecule has 8 nitrogen and oxygen atoms in total. The first-order valence-electron chi connectivity index (χ1n) is 8.61. The number of amides is 3. The molecule has 1 atom stereocenters. The molecule has 0 spiro atoms. The van der Waals surface area contributed by atoms with Gasteiger partial charge in [-0.2, -0.15) is 0 Å². The molecule has 1 fully saturated rings. The average Bonchev–Trinajstić information content (AvgIpc) is 3.22. The Kier molecular flexibility index (Phi) is 5.20. The van der Waals surface area contributed by atoms with Gasteiger partial charge >= 0.3 is 6.03 Å². The third kappa shape index (κ3) is 4.01. The molecule has 2 aromatic rings. The Labute approximate surface area is 152 Å². The highest BCUT2D eigenvalue weighted by atomic mass is 16.5. The summed E-state index contributed by atoms with van der Waals surface area (Å²) in [6.07, 6.45) is 3.73. The van der Waals surface area contributed by atoms with Crippen molar-refractivity contribution in [1.82, 2.24) is 25.3 Å². The number of carbonyl (C=O) groups excluding carboxylic acids is 2. The van der Waals surface area contributed by atoms with Gasteiger partial charge in [-0.15, -0.1) is 0 Å². The fourth-order valence-electron chi connectivity index (χ4n) is 2.96. The largest absolute Gasteiger partial charge is 0.359 e. The van der Waals surface area contributed by atoms with E-state index in [0.29, 0.717) is 24.4 Å². The number of pyridine rings is 1. The minimum Gasteiger partial charge on any atom is -0.359 e. The molecule has 0 aliphatic carbocycles. The summed E-state index contributed by atoms with van der Waals surface area (Å²) in [6, 6.07) is 5.24. The van der Waals surface area contributed by atoms with E-state index >= 15 is 0 Å². The highest BCUT2D eigenvalue weighted by Gasteiger charge is 2.32. The van der Waals surface area contributed by atoms with E-state index in [0.717, 1.165) is 5.56 Å². The maximum absolute atomic E-state index is 12.4. The molecule has 0 unspecified atom stereocenters. The zero-order valence-electron chi connectivity index (χ0n) is 15.2. The van der Waals surface area contributed by atoms with Gasteiger partial charge in [-0.05, 0) is 26.0 Å². The molecular formula is C18H23N5O3. The Morgan fingerprint density at radius 1 is 1.50 bits per heavy atom. The van der Waals surface area contributed by atoms with E-state index in [1.807, 2.05) is 26.0 Å². The molecule has 3 amide bonds. The van der Waals surface area contributed by atoms with Crippen LogP contribution in [0.4, 0.5) is 4.79 Å². The summed E-state index contributed by atoms with van der Waals surface area (Å²) in [6.45, 7) is 4.77. The third-order valence-corrected chi connectivity index (χ3v) is 4.37. The Morgan fingerprint density at radius 2 is 2.31 bits per heavy atom. The van der Waals surface area contributed by atoms with E-state index in [4.69, 9.17) is 4.52 Å². The first-order chi connectivity index (χ1) is 12.4. The summed E-state index contributed by atoms with van der Waals surface area (Å²) < 4.78 is 5.31. The van der Waals surface area contributed by atoms with Crippen molar-refractivity contribution >= 4 is 11.9 Å². The normalized spacial score (nSPS) is 17.0. The molecule has 1 aliphatic heterocycles. The third-order valence-electron chi connectivity index (χ3n) is 4.37. The van der Waals surface area contributed by atoms with Gasteiger partial charge < -0.3 is 19.6 Å². The van der Waals surface area contributed by atoms with Crippen LogP contribution in [0.2, 0.25) is 0 Å². The van der Waals surface area contributed by atoms with E-state index < -0.39 is 0 Å². The molecule has 2 aromatic heterocycles. The minimum atomic E-state index is -0.243. The second-order valence-corrected chi connectivity index (χ2v) is 6.77. The van der Waals surface area contributed by atoms with Gasteiger partial charge in [0.25, 0.3) is 0 Å². The predicted octanol–water partition coefficient (Wildman–Crippen LogP) is 1.89. The zero-order valence-corrected chi connectivity index (χ0v) is 15.2. The fraction of sp³-hybridized carbons (Fsp3) is 0.444. The van der Waals surface area contributed by atoms with Crippen molar-refractivity contribution in [3.63, 3.8) is 0 Å². The number of likely N-dealkylation sites (tertiary alicyclic amines) is 1. The summed E-state index contributed by atoms with van der Waals surface area (Å²) in [4.78, 5) is 31.7. The van der Waals surface area contributed by atoms with Crippen LogP contribution in [-0.2, 0) is 11.3 Å². The number of nitrogens with one attached hydrogen (secondary N) is 1. The summed E-state index contributed by atoms with van der Waals surface area (Å²) in [5, 5.41) is 6.92. The van der Waals surface area contributed by atoms with Gasteiger partial charge in [0.15, 0.2) is 5.76 Å². The first-order valence-corrected chi connectivity index (χ1v) is 8.61. The van der Waals surface area contributed by atoms with Crippen LogP contribution in [0.25, 0.3) is 11.3 Å². The van der Waals surface area contributed by atoms with Crippen molar-refractivity contribution < 1.29 is 14.1 Å². The van der Waals surface area contributed by atoms with Crippen molar-refractivity contribution in [2.24, 2.45) is 0 Å². The molecule has 0 aromatic carbocycles. The van der Waals surface area contributed by atoms with Crippen LogP contribution >= 0.6 is 0 Å². The van der Waals surface area contributed by atoms with Crippen LogP contribution in [0, 0.1) is 0 Å². The van der Waals surface area contributed by atoms with Gasteiger partial charge in [-0.1, -0.05) is 5.16 Å². The highest BCUT2D eigenvalue weighted by Crippen LogP contribution is 2.19. The number of aromatic nitrogens is 2. The van der Waals surface area contributed by atoms with Crippen molar-refractivity contribution in [2.45, 2.75) is 38.9 Å². The number of hydrogen-bond donors (Lipinski definition) is 1. The molecule has 0 saturated carbocycles. The Morgan fingerprint density at radius 3 is 2.96 bits per heavy atom. The van der Waals surface area contributed by atoms with Crippen LogP contribution in [0.3, 0.4) is 0 Å². The quantitative estimate of drug-likeness (QED) is 0.882. The molecule has 26 heavy (non-hydrogen) atoms. The smallest absolute Gasteiger partial charge is 0.317 e. The molecule has 3 heterocycles. The first kappa shape index (κ1) is 17.9. The van der Waals surface area contributed by atoms with Gasteiger partial charge in [0, 0.05) is 50.1 Å². The summed E-state index contributed by atoms with van der Waals surface area (Å²) in [5.41, 5.74) is 1.53. The summed E-state index contributed by atoms with van der Waals surface area (Å²) in [7, 11) is 1.68. The standard InChI is InChI=1S/C18H23N5O3/c1-12(2)23-10-14(7-17(23)24)20-18(25)22(3)11-15-8-16(21-26-15)13-5-4-6-19-9-13/h4-6,8-9,12,14H,7,10-11H2,1-3H3,(H,20,25)/t14-/m1/s1. The van der Waals surface area contributed by atoms with E-state index in [-0.39, 0.29) is 30.6 Å². The number of rotatable bonds is 5. The van der Waals surface area contributed by atoms with E-state index in [2.05, 4.69) is 15.5 Å².